The number of para-hydroxylation sites is 2. The highest BCUT2D eigenvalue weighted by molar-refractivity contribution is 6.11. The maximum Gasteiger partial charge on any atom is 0.262 e. The van der Waals surface area contributed by atoms with Gasteiger partial charge in [0.15, 0.2) is 0 Å². The Bertz CT molecular complexity index is 956. The van der Waals surface area contributed by atoms with E-state index in [-0.39, 0.29) is 5.91 Å². The Hall–Kier alpha value is -3.02. The monoisotopic (exact) mass is 348 g/mol. The Morgan fingerprint density at radius 3 is 2.69 bits per heavy atom. The molecule has 0 radical (unpaired) electrons. The molecule has 132 valence electrons. The predicted molar refractivity (Wildman–Crippen MR) is 99.4 cm³/mol. The molecule has 0 unspecified atom stereocenters. The fourth-order valence-corrected chi connectivity index (χ4v) is 3.76. The molecule has 0 saturated heterocycles. The second kappa shape index (κ2) is 5.76. The van der Waals surface area contributed by atoms with E-state index in [9.17, 15) is 4.79 Å². The molecule has 3 aromatic rings. The smallest absolute Gasteiger partial charge is 0.262 e. The van der Waals surface area contributed by atoms with E-state index >= 15 is 0 Å². The van der Waals surface area contributed by atoms with Crippen LogP contribution < -0.4 is 9.80 Å². The highest BCUT2D eigenvalue weighted by Crippen LogP contribution is 2.40. The molecule has 1 amide bonds. The van der Waals surface area contributed by atoms with Gasteiger partial charge in [0.2, 0.25) is 0 Å². The molecule has 0 N–H and O–H groups in total. The van der Waals surface area contributed by atoms with Crippen molar-refractivity contribution in [3.63, 3.8) is 0 Å². The summed E-state index contributed by atoms with van der Waals surface area (Å²) >= 11 is 0. The quantitative estimate of drug-likeness (QED) is 0.729. The van der Waals surface area contributed by atoms with Crippen molar-refractivity contribution < 1.29 is 9.21 Å². The lowest BCUT2D eigenvalue weighted by Gasteiger charge is -2.38. The number of anilines is 2. The van der Waals surface area contributed by atoms with Crippen molar-refractivity contribution >= 4 is 17.3 Å². The molecule has 1 saturated carbocycles. The van der Waals surface area contributed by atoms with Gasteiger partial charge in [-0.15, -0.1) is 0 Å². The molecule has 1 fully saturated rings. The van der Waals surface area contributed by atoms with Crippen LogP contribution in [0.3, 0.4) is 0 Å². The lowest BCUT2D eigenvalue weighted by molar-refractivity contribution is 0.0987. The molecule has 2 aromatic heterocycles. The zero-order valence-corrected chi connectivity index (χ0v) is 14.6. The average molecular weight is 348 g/mol. The third-order valence-corrected chi connectivity index (χ3v) is 5.13. The van der Waals surface area contributed by atoms with Crippen LogP contribution in [0.2, 0.25) is 0 Å². The first kappa shape index (κ1) is 15.3. The normalized spacial score (nSPS) is 16.7. The SMILES string of the molecule is Cn1cc(C(=O)N2CCN(C3CC3)c3ccccc32)c(-c2ccoc2)n1. The Labute approximate surface area is 151 Å². The van der Waals surface area contributed by atoms with Crippen molar-refractivity contribution in [2.75, 3.05) is 22.9 Å². The number of hydrogen-bond acceptors (Lipinski definition) is 4. The average Bonchev–Trinajstić information content (AvgIpc) is 3.21. The number of aromatic nitrogens is 2. The van der Waals surface area contributed by atoms with Gasteiger partial charge in [-0.1, -0.05) is 12.1 Å². The molecule has 3 heterocycles. The summed E-state index contributed by atoms with van der Waals surface area (Å²) in [6.07, 6.45) is 7.51. The number of benzene rings is 1. The third kappa shape index (κ3) is 2.41. The van der Waals surface area contributed by atoms with Crippen molar-refractivity contribution in [3.05, 3.63) is 54.6 Å². The van der Waals surface area contributed by atoms with Gasteiger partial charge in [0, 0.05) is 37.9 Å². The lowest BCUT2D eigenvalue weighted by Crippen LogP contribution is -2.45. The van der Waals surface area contributed by atoms with E-state index < -0.39 is 0 Å². The number of furan rings is 1. The topological polar surface area (TPSA) is 54.5 Å². The van der Waals surface area contributed by atoms with E-state index in [1.54, 1.807) is 23.4 Å². The first-order valence-corrected chi connectivity index (χ1v) is 8.96. The van der Waals surface area contributed by atoms with E-state index in [0.717, 1.165) is 23.5 Å². The minimum atomic E-state index is -0.0165. The van der Waals surface area contributed by atoms with Crippen LogP contribution in [0, 0.1) is 0 Å². The van der Waals surface area contributed by atoms with Gasteiger partial charge in [0.05, 0.1) is 29.5 Å². The van der Waals surface area contributed by atoms with E-state index in [4.69, 9.17) is 4.42 Å². The predicted octanol–water partition coefficient (Wildman–Crippen LogP) is 3.31. The minimum absolute atomic E-state index is 0.0165. The highest BCUT2D eigenvalue weighted by atomic mass is 16.3. The fraction of sp³-hybridized carbons (Fsp3) is 0.300. The summed E-state index contributed by atoms with van der Waals surface area (Å²) in [5.41, 5.74) is 4.22. The summed E-state index contributed by atoms with van der Waals surface area (Å²) in [5, 5.41) is 4.48. The molecule has 0 atom stereocenters. The fourth-order valence-electron chi connectivity index (χ4n) is 3.76. The van der Waals surface area contributed by atoms with Crippen molar-refractivity contribution in [1.82, 2.24) is 9.78 Å². The number of nitrogens with zero attached hydrogens (tertiary/aromatic N) is 4. The summed E-state index contributed by atoms with van der Waals surface area (Å²) in [6, 6.07) is 10.7. The van der Waals surface area contributed by atoms with Crippen LogP contribution in [0.1, 0.15) is 23.2 Å². The van der Waals surface area contributed by atoms with E-state index in [2.05, 4.69) is 16.1 Å². The molecule has 2 aliphatic rings. The van der Waals surface area contributed by atoms with Gasteiger partial charge in [0.1, 0.15) is 5.69 Å². The van der Waals surface area contributed by atoms with Crippen LogP contribution in [0.25, 0.3) is 11.3 Å². The summed E-state index contributed by atoms with van der Waals surface area (Å²) in [4.78, 5) is 17.7. The summed E-state index contributed by atoms with van der Waals surface area (Å²) in [5.74, 6) is -0.0165. The molecule has 0 bridgehead atoms. The van der Waals surface area contributed by atoms with Crippen LogP contribution in [0.15, 0.2) is 53.5 Å². The third-order valence-electron chi connectivity index (χ3n) is 5.13. The molecule has 1 aromatic carbocycles. The maximum absolute atomic E-state index is 13.4. The zero-order chi connectivity index (χ0) is 17.7. The number of carbonyl (C=O) groups excluding carboxylic acids is 1. The van der Waals surface area contributed by atoms with Crippen molar-refractivity contribution in [2.45, 2.75) is 18.9 Å². The summed E-state index contributed by atoms with van der Waals surface area (Å²) < 4.78 is 6.86. The number of amides is 1. The number of fused-ring (bicyclic) bond motifs is 1. The van der Waals surface area contributed by atoms with Crippen molar-refractivity contribution in [2.24, 2.45) is 7.05 Å². The molecule has 26 heavy (non-hydrogen) atoms. The standard InChI is InChI=1S/C20H20N4O2/c1-22-12-16(19(21-22)14-8-11-26-13-14)20(25)24-10-9-23(15-6-7-15)17-4-2-3-5-18(17)24/h2-5,8,11-13,15H,6-7,9-10H2,1H3. The summed E-state index contributed by atoms with van der Waals surface area (Å²) in [6.45, 7) is 1.56. The van der Waals surface area contributed by atoms with E-state index in [1.165, 1.54) is 12.8 Å². The first-order valence-electron chi connectivity index (χ1n) is 8.96. The number of hydrogen-bond donors (Lipinski definition) is 0. The lowest BCUT2D eigenvalue weighted by atomic mass is 10.1. The van der Waals surface area contributed by atoms with Crippen LogP contribution >= 0.6 is 0 Å². The summed E-state index contributed by atoms with van der Waals surface area (Å²) in [7, 11) is 1.83. The van der Waals surface area contributed by atoms with E-state index in [0.29, 0.717) is 23.8 Å². The van der Waals surface area contributed by atoms with Gasteiger partial charge < -0.3 is 14.2 Å². The number of rotatable bonds is 3. The van der Waals surface area contributed by atoms with Gasteiger partial charge in [-0.3, -0.25) is 9.48 Å². The molecule has 1 aliphatic carbocycles. The Morgan fingerprint density at radius 1 is 1.15 bits per heavy atom. The largest absolute Gasteiger partial charge is 0.472 e. The molecular weight excluding hydrogens is 328 g/mol. The highest BCUT2D eigenvalue weighted by Gasteiger charge is 2.36. The van der Waals surface area contributed by atoms with Crippen molar-refractivity contribution in [3.8, 4) is 11.3 Å². The Kier molecular flexibility index (Phi) is 3.38. The molecule has 6 nitrogen and oxygen atoms in total. The van der Waals surface area contributed by atoms with Crippen LogP contribution in [-0.4, -0.2) is 34.8 Å². The van der Waals surface area contributed by atoms with Gasteiger partial charge in [0.25, 0.3) is 5.91 Å². The molecule has 6 heteroatoms. The van der Waals surface area contributed by atoms with Gasteiger partial charge in [-0.25, -0.2) is 0 Å². The van der Waals surface area contributed by atoms with Crippen LogP contribution in [0.5, 0.6) is 0 Å². The zero-order valence-electron chi connectivity index (χ0n) is 14.6. The molecule has 0 spiro atoms. The molecule has 5 rings (SSSR count). The Morgan fingerprint density at radius 2 is 1.96 bits per heavy atom. The van der Waals surface area contributed by atoms with Crippen LogP contribution in [0.4, 0.5) is 11.4 Å². The molecule has 1 aliphatic heterocycles. The van der Waals surface area contributed by atoms with Crippen LogP contribution in [-0.2, 0) is 7.05 Å². The maximum atomic E-state index is 13.4. The first-order chi connectivity index (χ1) is 12.7. The minimum Gasteiger partial charge on any atom is -0.472 e. The second-order valence-corrected chi connectivity index (χ2v) is 6.95. The second-order valence-electron chi connectivity index (χ2n) is 6.95. The van der Waals surface area contributed by atoms with Gasteiger partial charge in [-0.05, 0) is 31.0 Å². The number of aryl methyl sites for hydroxylation is 1. The van der Waals surface area contributed by atoms with E-state index in [1.807, 2.05) is 36.2 Å². The van der Waals surface area contributed by atoms with Crippen molar-refractivity contribution in [1.29, 1.82) is 0 Å². The Balaban J connectivity index is 1.55. The van der Waals surface area contributed by atoms with Gasteiger partial charge >= 0.3 is 0 Å². The molecular formula is C20H20N4O2. The number of carbonyl (C=O) groups is 1. The van der Waals surface area contributed by atoms with Gasteiger partial charge in [-0.2, -0.15) is 5.10 Å².